The minimum atomic E-state index is -0.0870. The SMILES string of the molecule is CC(CNC(=NCC(=O)N(C)C)NCCCN1CCOCC1)Oc1ccc(Cl)cc1.I. The second-order valence-corrected chi connectivity index (χ2v) is 7.89. The molecule has 0 bridgehead atoms. The summed E-state index contributed by atoms with van der Waals surface area (Å²) in [4.78, 5) is 20.2. The second kappa shape index (κ2) is 15.5. The number of nitrogens with one attached hydrogen (secondary N) is 2. The molecule has 1 aromatic carbocycles. The van der Waals surface area contributed by atoms with E-state index in [1.807, 2.05) is 19.1 Å². The summed E-state index contributed by atoms with van der Waals surface area (Å²) in [7, 11) is 3.45. The molecule has 0 spiro atoms. The number of hydrogen-bond acceptors (Lipinski definition) is 5. The van der Waals surface area contributed by atoms with Crippen LogP contribution in [0.1, 0.15) is 13.3 Å². The first kappa shape index (κ1) is 27.7. The summed E-state index contributed by atoms with van der Waals surface area (Å²) in [6.45, 7) is 7.98. The first-order chi connectivity index (χ1) is 14.4. The number of hydrogen-bond donors (Lipinski definition) is 2. The molecule has 1 aliphatic heterocycles. The number of carbonyl (C=O) groups excluding carboxylic acids is 1. The van der Waals surface area contributed by atoms with Crippen LogP contribution in [0, 0.1) is 0 Å². The molecule has 10 heteroatoms. The van der Waals surface area contributed by atoms with Crippen LogP contribution in [-0.4, -0.2) is 94.3 Å². The van der Waals surface area contributed by atoms with E-state index in [1.54, 1.807) is 26.2 Å². The van der Waals surface area contributed by atoms with Gasteiger partial charge in [0.15, 0.2) is 5.96 Å². The second-order valence-electron chi connectivity index (χ2n) is 7.45. The number of morpholine rings is 1. The summed E-state index contributed by atoms with van der Waals surface area (Å²) in [6, 6.07) is 7.28. The monoisotopic (exact) mass is 567 g/mol. The van der Waals surface area contributed by atoms with Gasteiger partial charge in [0, 0.05) is 38.8 Å². The third kappa shape index (κ3) is 11.8. The van der Waals surface area contributed by atoms with Crippen molar-refractivity contribution in [3.8, 4) is 5.75 Å². The van der Waals surface area contributed by atoms with Crippen LogP contribution in [0.15, 0.2) is 29.3 Å². The maximum atomic E-state index is 11.9. The number of nitrogens with zero attached hydrogens (tertiary/aromatic N) is 3. The molecule has 1 atom stereocenters. The number of carbonyl (C=O) groups is 1. The summed E-state index contributed by atoms with van der Waals surface area (Å²) >= 11 is 5.91. The lowest BCUT2D eigenvalue weighted by atomic mass is 10.3. The van der Waals surface area contributed by atoms with Crippen molar-refractivity contribution in [2.45, 2.75) is 19.4 Å². The highest BCUT2D eigenvalue weighted by molar-refractivity contribution is 14.0. The molecule has 1 heterocycles. The van der Waals surface area contributed by atoms with Gasteiger partial charge in [-0.3, -0.25) is 9.69 Å². The topological polar surface area (TPSA) is 78.4 Å². The Morgan fingerprint density at radius 2 is 1.94 bits per heavy atom. The average molecular weight is 568 g/mol. The minimum Gasteiger partial charge on any atom is -0.489 e. The summed E-state index contributed by atoms with van der Waals surface area (Å²) < 4.78 is 11.3. The van der Waals surface area contributed by atoms with E-state index in [-0.39, 0.29) is 42.5 Å². The van der Waals surface area contributed by atoms with Gasteiger partial charge in [0.25, 0.3) is 0 Å². The van der Waals surface area contributed by atoms with E-state index < -0.39 is 0 Å². The summed E-state index contributed by atoms with van der Waals surface area (Å²) in [6.07, 6.45) is 0.898. The predicted octanol–water partition coefficient (Wildman–Crippen LogP) is 2.07. The van der Waals surface area contributed by atoms with Gasteiger partial charge in [0.05, 0.1) is 19.8 Å². The number of halogens is 2. The van der Waals surface area contributed by atoms with Gasteiger partial charge in [-0.25, -0.2) is 4.99 Å². The molecular weight excluding hydrogens is 533 g/mol. The smallest absolute Gasteiger partial charge is 0.243 e. The lowest BCUT2D eigenvalue weighted by Crippen LogP contribution is -2.44. The average Bonchev–Trinajstić information content (AvgIpc) is 2.74. The third-order valence-corrected chi connectivity index (χ3v) is 4.88. The maximum absolute atomic E-state index is 11.9. The number of rotatable bonds is 10. The number of benzene rings is 1. The van der Waals surface area contributed by atoms with Crippen LogP contribution in [-0.2, 0) is 9.53 Å². The van der Waals surface area contributed by atoms with E-state index in [1.165, 1.54) is 4.90 Å². The quantitative estimate of drug-likeness (QED) is 0.195. The molecule has 1 unspecified atom stereocenters. The minimum absolute atomic E-state index is 0. The van der Waals surface area contributed by atoms with Crippen molar-refractivity contribution < 1.29 is 14.3 Å². The van der Waals surface area contributed by atoms with Crippen LogP contribution in [0.2, 0.25) is 5.02 Å². The molecule has 1 amide bonds. The first-order valence-electron chi connectivity index (χ1n) is 10.4. The number of likely N-dealkylation sites (N-methyl/N-ethyl adjacent to an activating group) is 1. The zero-order chi connectivity index (χ0) is 21.8. The molecule has 2 N–H and O–H groups in total. The highest BCUT2D eigenvalue weighted by Gasteiger charge is 2.11. The Morgan fingerprint density at radius 3 is 2.58 bits per heavy atom. The molecule has 2 rings (SSSR count). The number of amides is 1. The fraction of sp³-hybridized carbons (Fsp3) is 0.619. The summed E-state index contributed by atoms with van der Waals surface area (Å²) in [5.41, 5.74) is 0. The molecule has 1 fully saturated rings. The van der Waals surface area contributed by atoms with E-state index in [9.17, 15) is 4.79 Å². The van der Waals surface area contributed by atoms with Gasteiger partial charge in [0.1, 0.15) is 18.4 Å². The van der Waals surface area contributed by atoms with E-state index in [4.69, 9.17) is 21.1 Å². The Morgan fingerprint density at radius 1 is 1.26 bits per heavy atom. The molecule has 0 aromatic heterocycles. The van der Waals surface area contributed by atoms with E-state index in [0.29, 0.717) is 17.5 Å². The van der Waals surface area contributed by atoms with E-state index in [2.05, 4.69) is 20.5 Å². The molecule has 31 heavy (non-hydrogen) atoms. The van der Waals surface area contributed by atoms with E-state index >= 15 is 0 Å². The van der Waals surface area contributed by atoms with Crippen molar-refractivity contribution in [1.82, 2.24) is 20.4 Å². The summed E-state index contributed by atoms with van der Waals surface area (Å²) in [5, 5.41) is 7.26. The molecular formula is C21H35ClIN5O3. The highest BCUT2D eigenvalue weighted by atomic mass is 127. The van der Waals surface area contributed by atoms with Crippen LogP contribution in [0.5, 0.6) is 5.75 Å². The molecule has 1 aliphatic rings. The van der Waals surface area contributed by atoms with Crippen LogP contribution in [0.3, 0.4) is 0 Å². The van der Waals surface area contributed by atoms with Crippen LogP contribution >= 0.6 is 35.6 Å². The van der Waals surface area contributed by atoms with E-state index in [0.717, 1.165) is 51.6 Å². The van der Waals surface area contributed by atoms with Gasteiger partial charge in [-0.05, 0) is 44.2 Å². The van der Waals surface area contributed by atoms with Crippen molar-refractivity contribution >= 4 is 47.4 Å². The third-order valence-electron chi connectivity index (χ3n) is 4.63. The molecule has 1 saturated heterocycles. The zero-order valence-corrected chi connectivity index (χ0v) is 21.7. The van der Waals surface area contributed by atoms with Gasteiger partial charge < -0.3 is 25.0 Å². The Labute approximate surface area is 207 Å². The Balaban J connectivity index is 0.00000480. The Bertz CT molecular complexity index is 669. The predicted molar refractivity (Wildman–Crippen MR) is 136 cm³/mol. The zero-order valence-electron chi connectivity index (χ0n) is 18.6. The number of guanidine groups is 1. The normalized spacial score (nSPS) is 15.5. The fourth-order valence-corrected chi connectivity index (χ4v) is 2.95. The largest absolute Gasteiger partial charge is 0.489 e. The summed E-state index contributed by atoms with van der Waals surface area (Å²) in [5.74, 6) is 1.32. The Kier molecular flexibility index (Phi) is 13.9. The highest BCUT2D eigenvalue weighted by Crippen LogP contribution is 2.16. The van der Waals surface area contributed by atoms with Crippen LogP contribution < -0.4 is 15.4 Å². The molecule has 176 valence electrons. The standard InChI is InChI=1S/C21H34ClN5O3.HI/c1-17(30-19-7-5-18(22)6-8-19)15-24-21(25-16-20(28)26(2)3)23-9-4-10-27-11-13-29-14-12-27;/h5-8,17H,4,9-16H2,1-3H3,(H2,23,24,25);1H. The lowest BCUT2D eigenvalue weighted by Gasteiger charge is -2.26. The van der Waals surface area contributed by atoms with Gasteiger partial charge in [-0.1, -0.05) is 11.6 Å². The van der Waals surface area contributed by atoms with Gasteiger partial charge in [-0.15, -0.1) is 24.0 Å². The van der Waals surface area contributed by atoms with Gasteiger partial charge >= 0.3 is 0 Å². The number of aliphatic imine (C=N–C) groups is 1. The van der Waals surface area contributed by atoms with Gasteiger partial charge in [0.2, 0.25) is 5.91 Å². The molecule has 1 aromatic rings. The lowest BCUT2D eigenvalue weighted by molar-refractivity contribution is -0.127. The fourth-order valence-electron chi connectivity index (χ4n) is 2.82. The Hall–Kier alpha value is -1.30. The van der Waals surface area contributed by atoms with Crippen molar-refractivity contribution in [3.05, 3.63) is 29.3 Å². The molecule has 8 nitrogen and oxygen atoms in total. The molecule has 0 radical (unpaired) electrons. The van der Waals surface area contributed by atoms with Crippen molar-refractivity contribution in [3.63, 3.8) is 0 Å². The van der Waals surface area contributed by atoms with Crippen LogP contribution in [0.25, 0.3) is 0 Å². The van der Waals surface area contributed by atoms with Crippen molar-refractivity contribution in [1.29, 1.82) is 0 Å². The van der Waals surface area contributed by atoms with Crippen molar-refractivity contribution in [2.75, 3.05) is 66.6 Å². The number of ether oxygens (including phenoxy) is 2. The maximum Gasteiger partial charge on any atom is 0.243 e. The van der Waals surface area contributed by atoms with Gasteiger partial charge in [-0.2, -0.15) is 0 Å². The van der Waals surface area contributed by atoms with Crippen molar-refractivity contribution in [2.24, 2.45) is 4.99 Å². The first-order valence-corrected chi connectivity index (χ1v) is 10.8. The molecule has 0 aliphatic carbocycles. The van der Waals surface area contributed by atoms with Crippen LogP contribution in [0.4, 0.5) is 0 Å². The molecule has 0 saturated carbocycles.